The first-order valence-electron chi connectivity index (χ1n) is 14.3. The van der Waals surface area contributed by atoms with E-state index >= 15 is 0 Å². The Morgan fingerprint density at radius 1 is 1.05 bits per heavy atom. The molecule has 0 aliphatic carbocycles. The first-order valence-corrected chi connectivity index (χ1v) is 14.3. The lowest BCUT2D eigenvalue weighted by atomic mass is 9.92. The van der Waals surface area contributed by atoms with Gasteiger partial charge in [0.15, 0.2) is 0 Å². The molecule has 1 aliphatic heterocycles. The van der Waals surface area contributed by atoms with Gasteiger partial charge < -0.3 is 30.2 Å². The quantitative estimate of drug-likeness (QED) is 0.239. The van der Waals surface area contributed by atoms with E-state index in [1.54, 1.807) is 17.0 Å². The SMILES string of the molecule is CC(c1c[nH]c2ccccc12)C(NC(=O)N1CCC(Oc2ccc(F)cc2)CC1)C(=O)Nc1cccc(CN(C)C)c1. The van der Waals surface area contributed by atoms with Crippen molar-refractivity contribution >= 4 is 28.5 Å². The van der Waals surface area contributed by atoms with Crippen LogP contribution in [0.15, 0.2) is 79.0 Å². The fourth-order valence-electron chi connectivity index (χ4n) is 5.51. The van der Waals surface area contributed by atoms with E-state index < -0.39 is 6.04 Å². The molecule has 5 rings (SSSR count). The van der Waals surface area contributed by atoms with Gasteiger partial charge in [-0.2, -0.15) is 0 Å². The Morgan fingerprint density at radius 2 is 1.79 bits per heavy atom. The van der Waals surface area contributed by atoms with E-state index in [-0.39, 0.29) is 29.8 Å². The number of halogens is 1. The summed E-state index contributed by atoms with van der Waals surface area (Å²) in [5, 5.41) is 7.11. The fraction of sp³-hybridized carbons (Fsp3) is 0.333. The molecule has 220 valence electrons. The zero-order valence-corrected chi connectivity index (χ0v) is 24.3. The van der Waals surface area contributed by atoms with Crippen molar-refractivity contribution in [1.29, 1.82) is 0 Å². The molecular weight excluding hydrogens is 533 g/mol. The third-order valence-electron chi connectivity index (χ3n) is 7.71. The number of benzene rings is 3. The number of aromatic nitrogens is 1. The van der Waals surface area contributed by atoms with E-state index in [1.165, 1.54) is 12.1 Å². The minimum atomic E-state index is -0.817. The van der Waals surface area contributed by atoms with Gasteiger partial charge in [0, 0.05) is 61.2 Å². The highest BCUT2D eigenvalue weighted by Gasteiger charge is 2.32. The van der Waals surface area contributed by atoms with Crippen LogP contribution in [0.1, 0.15) is 36.8 Å². The topological polar surface area (TPSA) is 89.7 Å². The van der Waals surface area contributed by atoms with E-state index in [0.29, 0.717) is 37.4 Å². The molecule has 3 amide bonds. The van der Waals surface area contributed by atoms with Crippen LogP contribution in [0.4, 0.5) is 14.9 Å². The number of rotatable bonds is 9. The van der Waals surface area contributed by atoms with Crippen LogP contribution < -0.4 is 15.4 Å². The molecule has 4 aromatic rings. The van der Waals surface area contributed by atoms with Gasteiger partial charge in [-0.15, -0.1) is 0 Å². The molecule has 0 saturated carbocycles. The van der Waals surface area contributed by atoms with Gasteiger partial charge in [0.1, 0.15) is 23.7 Å². The maximum absolute atomic E-state index is 13.8. The largest absolute Gasteiger partial charge is 0.490 e. The summed E-state index contributed by atoms with van der Waals surface area (Å²) in [4.78, 5) is 34.4. The number of nitrogens with zero attached hydrogens (tertiary/aromatic N) is 2. The molecule has 1 aromatic heterocycles. The second-order valence-corrected chi connectivity index (χ2v) is 11.2. The second kappa shape index (κ2) is 13.1. The van der Waals surface area contributed by atoms with Gasteiger partial charge in [0.2, 0.25) is 5.91 Å². The smallest absolute Gasteiger partial charge is 0.318 e. The summed E-state index contributed by atoms with van der Waals surface area (Å²) in [5.41, 5.74) is 3.69. The second-order valence-electron chi connectivity index (χ2n) is 11.2. The summed E-state index contributed by atoms with van der Waals surface area (Å²) < 4.78 is 19.2. The Balaban J connectivity index is 1.30. The number of fused-ring (bicyclic) bond motifs is 1. The van der Waals surface area contributed by atoms with Crippen molar-refractivity contribution in [3.63, 3.8) is 0 Å². The van der Waals surface area contributed by atoms with Crippen LogP contribution in [-0.2, 0) is 11.3 Å². The predicted molar refractivity (Wildman–Crippen MR) is 163 cm³/mol. The first kappa shape index (κ1) is 29.1. The van der Waals surface area contributed by atoms with Crippen LogP contribution in [0.25, 0.3) is 10.9 Å². The van der Waals surface area contributed by atoms with E-state index in [4.69, 9.17) is 4.74 Å². The predicted octanol–water partition coefficient (Wildman–Crippen LogP) is 5.73. The number of amides is 3. The van der Waals surface area contributed by atoms with Crippen LogP contribution in [0.3, 0.4) is 0 Å². The van der Waals surface area contributed by atoms with Crippen LogP contribution in [0.2, 0.25) is 0 Å². The lowest BCUT2D eigenvalue weighted by Crippen LogP contribution is -2.53. The number of urea groups is 1. The minimum absolute atomic E-state index is 0.0711. The summed E-state index contributed by atoms with van der Waals surface area (Å²) in [6, 6.07) is 20.6. The maximum atomic E-state index is 13.8. The maximum Gasteiger partial charge on any atom is 0.318 e. The Morgan fingerprint density at radius 3 is 2.52 bits per heavy atom. The third-order valence-corrected chi connectivity index (χ3v) is 7.71. The molecule has 2 atom stereocenters. The van der Waals surface area contributed by atoms with Gasteiger partial charge in [-0.05, 0) is 67.7 Å². The molecule has 9 heteroatoms. The fourth-order valence-corrected chi connectivity index (χ4v) is 5.51. The van der Waals surface area contributed by atoms with Crippen LogP contribution in [-0.4, -0.2) is 66.1 Å². The summed E-state index contributed by atoms with van der Waals surface area (Å²) in [6.45, 7) is 3.68. The molecule has 0 radical (unpaired) electrons. The van der Waals surface area contributed by atoms with Crippen molar-refractivity contribution in [2.24, 2.45) is 0 Å². The molecule has 2 heterocycles. The number of piperidine rings is 1. The number of hydrogen-bond acceptors (Lipinski definition) is 4. The number of likely N-dealkylation sites (tertiary alicyclic amines) is 1. The van der Waals surface area contributed by atoms with Crippen molar-refractivity contribution in [2.45, 2.75) is 44.4 Å². The van der Waals surface area contributed by atoms with Gasteiger partial charge in [0.05, 0.1) is 0 Å². The van der Waals surface area contributed by atoms with Crippen molar-refractivity contribution in [2.75, 3.05) is 32.5 Å². The number of carbonyl (C=O) groups is 2. The van der Waals surface area contributed by atoms with Crippen molar-refractivity contribution in [3.8, 4) is 5.75 Å². The van der Waals surface area contributed by atoms with Crippen LogP contribution in [0, 0.1) is 5.82 Å². The molecule has 3 aromatic carbocycles. The van der Waals surface area contributed by atoms with Gasteiger partial charge in [-0.25, -0.2) is 9.18 Å². The molecule has 3 N–H and O–H groups in total. The number of para-hydroxylation sites is 1. The zero-order valence-electron chi connectivity index (χ0n) is 24.3. The Kier molecular flexibility index (Phi) is 9.07. The molecule has 1 aliphatic rings. The monoisotopic (exact) mass is 571 g/mol. The van der Waals surface area contributed by atoms with Gasteiger partial charge in [-0.3, -0.25) is 4.79 Å². The number of aromatic amines is 1. The van der Waals surface area contributed by atoms with E-state index in [0.717, 1.165) is 28.6 Å². The average molecular weight is 572 g/mol. The molecule has 2 unspecified atom stereocenters. The highest BCUT2D eigenvalue weighted by molar-refractivity contribution is 5.98. The van der Waals surface area contributed by atoms with Crippen molar-refractivity contribution in [3.05, 3.63) is 95.9 Å². The molecule has 0 spiro atoms. The van der Waals surface area contributed by atoms with Crippen molar-refractivity contribution < 1.29 is 18.7 Å². The van der Waals surface area contributed by atoms with Crippen LogP contribution in [0.5, 0.6) is 5.75 Å². The number of anilines is 1. The van der Waals surface area contributed by atoms with Gasteiger partial charge >= 0.3 is 6.03 Å². The summed E-state index contributed by atoms with van der Waals surface area (Å²) in [5.74, 6) is -0.291. The molecule has 8 nitrogen and oxygen atoms in total. The molecule has 42 heavy (non-hydrogen) atoms. The highest BCUT2D eigenvalue weighted by atomic mass is 19.1. The molecular formula is C33H38FN5O3. The Bertz CT molecular complexity index is 1510. The number of ether oxygens (including phenoxy) is 1. The number of H-pyrrole nitrogens is 1. The average Bonchev–Trinajstić information content (AvgIpc) is 3.41. The highest BCUT2D eigenvalue weighted by Crippen LogP contribution is 2.29. The Hall–Kier alpha value is -4.37. The minimum Gasteiger partial charge on any atom is -0.490 e. The first-order chi connectivity index (χ1) is 20.3. The normalized spacial score (nSPS) is 15.4. The third kappa shape index (κ3) is 7.09. The lowest BCUT2D eigenvalue weighted by Gasteiger charge is -2.34. The summed E-state index contributed by atoms with van der Waals surface area (Å²) in [6.07, 6.45) is 3.12. The standard InChI is InChI=1S/C33H38FN5O3/c1-22(29-20-35-30-10-5-4-9-28(29)30)31(32(40)36-25-8-6-7-23(19-25)21-38(2)3)37-33(41)39-17-15-27(16-18-39)42-26-13-11-24(34)12-14-26/h4-14,19-20,22,27,31,35H,15-18,21H2,1-3H3,(H,36,40)(H,37,41). The molecule has 1 saturated heterocycles. The molecule has 1 fully saturated rings. The summed E-state index contributed by atoms with van der Waals surface area (Å²) in [7, 11) is 3.99. The van der Waals surface area contributed by atoms with Gasteiger partial charge in [-0.1, -0.05) is 37.3 Å². The Labute approximate surface area is 245 Å². The van der Waals surface area contributed by atoms with Crippen molar-refractivity contribution in [1.82, 2.24) is 20.1 Å². The van der Waals surface area contributed by atoms with Crippen LogP contribution >= 0.6 is 0 Å². The van der Waals surface area contributed by atoms with Gasteiger partial charge in [0.25, 0.3) is 0 Å². The zero-order chi connectivity index (χ0) is 29.6. The lowest BCUT2D eigenvalue weighted by molar-refractivity contribution is -0.118. The number of carbonyl (C=O) groups excluding carboxylic acids is 2. The number of hydrogen-bond donors (Lipinski definition) is 3. The number of nitrogens with one attached hydrogen (secondary N) is 3. The van der Waals surface area contributed by atoms with E-state index in [1.807, 2.05) is 75.7 Å². The summed E-state index contributed by atoms with van der Waals surface area (Å²) >= 11 is 0. The van der Waals surface area contributed by atoms with E-state index in [9.17, 15) is 14.0 Å². The van der Waals surface area contributed by atoms with E-state index in [2.05, 4.69) is 20.5 Å². The molecule has 0 bridgehead atoms.